The largest absolute Gasteiger partial charge is 0.340 e. The third-order valence-electron chi connectivity index (χ3n) is 5.90. The monoisotopic (exact) mass is 442 g/mol. The van der Waals surface area contributed by atoms with Gasteiger partial charge in [0.25, 0.3) is 0 Å². The Bertz CT molecular complexity index is 1300. The van der Waals surface area contributed by atoms with Gasteiger partial charge in [0.1, 0.15) is 12.1 Å². The quantitative estimate of drug-likeness (QED) is 0.386. The lowest BCUT2D eigenvalue weighted by molar-refractivity contribution is 0.292. The van der Waals surface area contributed by atoms with Gasteiger partial charge in [0.2, 0.25) is 0 Å². The van der Waals surface area contributed by atoms with Crippen LogP contribution in [0.4, 0.5) is 11.5 Å². The Labute approximate surface area is 194 Å². The number of benzene rings is 2. The Hall–Kier alpha value is -3.71. The van der Waals surface area contributed by atoms with Gasteiger partial charge in [0.15, 0.2) is 0 Å². The molecule has 0 aliphatic heterocycles. The topological polar surface area (TPSA) is 68.0 Å². The van der Waals surface area contributed by atoms with Crippen molar-refractivity contribution in [2.75, 3.05) is 25.0 Å². The zero-order chi connectivity index (χ0) is 23.2. The van der Waals surface area contributed by atoms with E-state index in [1.54, 1.807) is 21.5 Å². The Balaban J connectivity index is 1.60. The zero-order valence-corrected chi connectivity index (χ0v) is 19.2. The van der Waals surface area contributed by atoms with Crippen molar-refractivity contribution < 1.29 is 0 Å². The van der Waals surface area contributed by atoms with Gasteiger partial charge >= 0.3 is 5.69 Å². The normalized spacial score (nSPS) is 11.2. The molecule has 170 valence electrons. The number of imidazole rings is 1. The minimum Gasteiger partial charge on any atom is -0.340 e. The number of aromatic nitrogens is 4. The van der Waals surface area contributed by atoms with Crippen LogP contribution in [0.2, 0.25) is 0 Å². The molecule has 0 amide bonds. The highest BCUT2D eigenvalue weighted by atomic mass is 16.1. The van der Waals surface area contributed by atoms with Crippen LogP contribution in [0.3, 0.4) is 0 Å². The van der Waals surface area contributed by atoms with Crippen LogP contribution >= 0.6 is 0 Å². The second kappa shape index (κ2) is 10.3. The molecule has 0 atom stereocenters. The Morgan fingerprint density at radius 3 is 2.73 bits per heavy atom. The first-order valence-corrected chi connectivity index (χ1v) is 11.4. The predicted molar refractivity (Wildman–Crippen MR) is 135 cm³/mol. The van der Waals surface area contributed by atoms with Gasteiger partial charge in [-0.15, -0.1) is 0 Å². The summed E-state index contributed by atoms with van der Waals surface area (Å²) in [6.07, 6.45) is 7.97. The van der Waals surface area contributed by atoms with E-state index in [1.807, 2.05) is 54.9 Å². The van der Waals surface area contributed by atoms with E-state index in [-0.39, 0.29) is 5.69 Å². The van der Waals surface area contributed by atoms with E-state index in [1.165, 1.54) is 0 Å². The molecule has 0 bridgehead atoms. The minimum absolute atomic E-state index is 0.0426. The first-order chi connectivity index (χ1) is 16.1. The fraction of sp³-hybridized carbons (Fsp3) is 0.269. The van der Waals surface area contributed by atoms with Gasteiger partial charge in [-0.3, -0.25) is 9.13 Å². The molecule has 0 radical (unpaired) electrons. The maximum Gasteiger partial charge on any atom is 0.332 e. The van der Waals surface area contributed by atoms with Crippen LogP contribution in [0.25, 0.3) is 22.7 Å². The van der Waals surface area contributed by atoms with Crippen LogP contribution in [0.1, 0.15) is 25.8 Å². The van der Waals surface area contributed by atoms with Crippen molar-refractivity contribution in [3.8, 4) is 5.69 Å². The van der Waals surface area contributed by atoms with Crippen molar-refractivity contribution in [3.63, 3.8) is 0 Å². The van der Waals surface area contributed by atoms with Crippen molar-refractivity contribution in [2.45, 2.75) is 26.8 Å². The molecule has 33 heavy (non-hydrogen) atoms. The van der Waals surface area contributed by atoms with Gasteiger partial charge in [-0.2, -0.15) is 0 Å². The average Bonchev–Trinajstić information content (AvgIpc) is 3.22. The molecule has 2 aromatic carbocycles. The molecule has 0 spiro atoms. The molecular weight excluding hydrogens is 412 g/mol. The van der Waals surface area contributed by atoms with Crippen LogP contribution in [0, 0.1) is 0 Å². The van der Waals surface area contributed by atoms with E-state index in [0.29, 0.717) is 12.4 Å². The van der Waals surface area contributed by atoms with Crippen molar-refractivity contribution in [2.24, 2.45) is 0 Å². The number of aryl methyl sites for hydroxylation is 1. The molecule has 4 rings (SSSR count). The SMILES string of the molecule is C=Cc1cccc(Nc2ncnc3ccc(-n4ccn(CCCN(CC)CC)c4=O)cc23)c1. The predicted octanol–water partition coefficient (Wildman–Crippen LogP) is 4.70. The number of fused-ring (bicyclic) bond motifs is 1. The Kier molecular flexibility index (Phi) is 7.00. The summed E-state index contributed by atoms with van der Waals surface area (Å²) < 4.78 is 3.45. The summed E-state index contributed by atoms with van der Waals surface area (Å²) in [5.41, 5.74) is 3.48. The highest BCUT2D eigenvalue weighted by molar-refractivity contribution is 5.92. The van der Waals surface area contributed by atoms with Crippen molar-refractivity contribution >= 4 is 28.5 Å². The van der Waals surface area contributed by atoms with E-state index in [2.05, 4.69) is 40.6 Å². The Morgan fingerprint density at radius 1 is 1.09 bits per heavy atom. The summed E-state index contributed by atoms with van der Waals surface area (Å²) in [4.78, 5) is 24.2. The van der Waals surface area contributed by atoms with Crippen LogP contribution < -0.4 is 11.0 Å². The van der Waals surface area contributed by atoms with Gasteiger partial charge in [0.05, 0.1) is 11.2 Å². The lowest BCUT2D eigenvalue weighted by atomic mass is 10.2. The van der Waals surface area contributed by atoms with Gasteiger partial charge in [0, 0.05) is 30.0 Å². The van der Waals surface area contributed by atoms with Crippen molar-refractivity contribution in [1.29, 1.82) is 0 Å². The van der Waals surface area contributed by atoms with Crippen LogP contribution in [-0.2, 0) is 6.54 Å². The maximum atomic E-state index is 13.0. The maximum absolute atomic E-state index is 13.0. The first-order valence-electron chi connectivity index (χ1n) is 11.4. The molecular formula is C26H30N6O. The van der Waals surface area contributed by atoms with Crippen LogP contribution in [0.5, 0.6) is 0 Å². The molecule has 0 saturated heterocycles. The molecule has 0 saturated carbocycles. The summed E-state index contributed by atoms with van der Waals surface area (Å²) in [6, 6.07) is 13.7. The molecule has 7 heteroatoms. The number of rotatable bonds is 10. The van der Waals surface area contributed by atoms with E-state index in [0.717, 1.165) is 53.9 Å². The minimum atomic E-state index is -0.0426. The summed E-state index contributed by atoms with van der Waals surface area (Å²) in [6.45, 7) is 11.9. The third kappa shape index (κ3) is 5.04. The molecule has 4 aromatic rings. The molecule has 1 N–H and O–H groups in total. The molecule has 0 aliphatic carbocycles. The van der Waals surface area contributed by atoms with Gasteiger partial charge < -0.3 is 10.2 Å². The lowest BCUT2D eigenvalue weighted by Gasteiger charge is -2.17. The molecule has 2 aromatic heterocycles. The second-order valence-corrected chi connectivity index (χ2v) is 7.90. The van der Waals surface area contributed by atoms with E-state index in [4.69, 9.17) is 0 Å². The number of anilines is 2. The number of nitrogens with one attached hydrogen (secondary N) is 1. The molecule has 0 unspecified atom stereocenters. The summed E-state index contributed by atoms with van der Waals surface area (Å²) in [5.74, 6) is 0.690. The summed E-state index contributed by atoms with van der Waals surface area (Å²) >= 11 is 0. The van der Waals surface area contributed by atoms with E-state index < -0.39 is 0 Å². The molecule has 0 fully saturated rings. The standard InChI is InChI=1S/C26H30N6O/c1-4-20-9-7-10-21(17-20)29-25-23-18-22(11-12-24(23)27-19-28-25)32-16-15-31(26(32)33)14-8-13-30(5-2)6-3/h4,7,9-12,15-19H,1,5-6,8,13-14H2,2-3H3,(H,27,28,29). The first kappa shape index (κ1) is 22.5. The molecule has 7 nitrogen and oxygen atoms in total. The zero-order valence-electron chi connectivity index (χ0n) is 19.2. The summed E-state index contributed by atoms with van der Waals surface area (Å²) in [7, 11) is 0. The number of nitrogens with zero attached hydrogens (tertiary/aromatic N) is 5. The average molecular weight is 443 g/mol. The van der Waals surface area contributed by atoms with Gasteiger partial charge in [-0.05, 0) is 62.0 Å². The van der Waals surface area contributed by atoms with Gasteiger partial charge in [-0.1, -0.05) is 38.6 Å². The molecule has 0 aliphatic rings. The second-order valence-electron chi connectivity index (χ2n) is 7.90. The lowest BCUT2D eigenvalue weighted by Crippen LogP contribution is -2.27. The molecule has 2 heterocycles. The fourth-order valence-corrected chi connectivity index (χ4v) is 3.96. The number of hydrogen-bond donors (Lipinski definition) is 1. The number of hydrogen-bond acceptors (Lipinski definition) is 5. The van der Waals surface area contributed by atoms with Crippen molar-refractivity contribution in [3.05, 3.63) is 83.8 Å². The van der Waals surface area contributed by atoms with Crippen LogP contribution in [-0.4, -0.2) is 43.6 Å². The fourth-order valence-electron chi connectivity index (χ4n) is 3.96. The Morgan fingerprint density at radius 2 is 1.94 bits per heavy atom. The van der Waals surface area contributed by atoms with E-state index >= 15 is 0 Å². The highest BCUT2D eigenvalue weighted by Gasteiger charge is 2.10. The smallest absolute Gasteiger partial charge is 0.332 e. The highest BCUT2D eigenvalue weighted by Crippen LogP contribution is 2.25. The van der Waals surface area contributed by atoms with E-state index in [9.17, 15) is 4.79 Å². The van der Waals surface area contributed by atoms with Crippen molar-refractivity contribution in [1.82, 2.24) is 24.0 Å². The van der Waals surface area contributed by atoms with Gasteiger partial charge in [-0.25, -0.2) is 14.8 Å². The summed E-state index contributed by atoms with van der Waals surface area (Å²) in [5, 5.41) is 4.22. The third-order valence-corrected chi connectivity index (χ3v) is 5.90. The van der Waals surface area contributed by atoms with Crippen LogP contribution in [0.15, 0.2) is 72.6 Å².